The maximum atomic E-state index is 13.0. The molecule has 8 aromatic carbocycles. The van der Waals surface area contributed by atoms with Crippen LogP contribution in [-0.4, -0.2) is 112 Å². The normalized spacial score (nSPS) is 15.8. The minimum absolute atomic E-state index is 0.216. The van der Waals surface area contributed by atoms with E-state index >= 15 is 0 Å². The first-order valence-corrected chi connectivity index (χ1v) is 39.9. The molecule has 6 aliphatic rings. The van der Waals surface area contributed by atoms with Gasteiger partial charge >= 0.3 is 0 Å². The summed E-state index contributed by atoms with van der Waals surface area (Å²) in [5, 5.41) is 12.8. The molecule has 0 radical (unpaired) electrons. The Morgan fingerprint density at radius 1 is 0.352 bits per heavy atom. The first-order valence-electron chi connectivity index (χ1n) is 38.7. The minimum atomic E-state index is 0.216. The Balaban J connectivity index is 0.000000124. The fourth-order valence-corrected chi connectivity index (χ4v) is 17.6. The summed E-state index contributed by atoms with van der Waals surface area (Å²) in [4.78, 5) is 39.1. The van der Waals surface area contributed by atoms with Crippen molar-refractivity contribution in [2.75, 3.05) is 82.6 Å². The Labute approximate surface area is 650 Å². The molecule has 12 aromatic rings. The number of likely N-dealkylation sites (tertiary alicyclic amines) is 3. The SMILES string of the molecule is Clc1ccc2c(CCCN3CCC(=C4c5ccccc5C=Cc5ccccc54)CC3)ccnc2c1.Clc1ccc2c(NCCCN3CCC(=C4c5ccccc5CCc5cccnc54)CC3)ccnc2c1.O=C1Cc2ccccc2C(=C2CCN(CCCNc3ccnc4cc(Cl)ccc34)CC2)c2ccccc21. The van der Waals surface area contributed by atoms with Crippen LogP contribution in [0.2, 0.25) is 15.1 Å². The van der Waals surface area contributed by atoms with Crippen molar-refractivity contribution in [2.24, 2.45) is 0 Å². The molecule has 108 heavy (non-hydrogen) atoms. The summed E-state index contributed by atoms with van der Waals surface area (Å²) in [5.74, 6) is 0.216. The Kier molecular flexibility index (Phi) is 22.9. The number of fused-ring (bicyclic) bond motifs is 9. The zero-order valence-corrected chi connectivity index (χ0v) is 63.5. The van der Waals surface area contributed by atoms with Crippen LogP contribution in [0.4, 0.5) is 11.4 Å². The number of halogens is 3. The summed E-state index contributed by atoms with van der Waals surface area (Å²) in [6, 6.07) is 71.6. The van der Waals surface area contributed by atoms with Gasteiger partial charge in [0.15, 0.2) is 5.78 Å². The molecular formula is C95H90Cl3N9O. The van der Waals surface area contributed by atoms with Gasteiger partial charge in [0.05, 0.1) is 22.2 Å². The molecule has 0 atom stereocenters. The molecule has 4 aromatic heterocycles. The molecular weight excluding hydrogens is 1390 g/mol. The lowest BCUT2D eigenvalue weighted by Gasteiger charge is -2.30. The smallest absolute Gasteiger partial charge is 0.167 e. The van der Waals surface area contributed by atoms with Crippen LogP contribution in [0.25, 0.3) is 61.6 Å². The van der Waals surface area contributed by atoms with Gasteiger partial charge in [-0.1, -0.05) is 197 Å². The summed E-state index contributed by atoms with van der Waals surface area (Å²) in [6.07, 6.45) is 25.7. The van der Waals surface area contributed by atoms with Crippen LogP contribution in [0.5, 0.6) is 0 Å². The van der Waals surface area contributed by atoms with Gasteiger partial charge in [0.2, 0.25) is 0 Å². The number of nitrogens with zero attached hydrogens (tertiary/aromatic N) is 7. The zero-order chi connectivity index (χ0) is 73.1. The van der Waals surface area contributed by atoms with E-state index in [1.54, 1.807) is 11.1 Å². The van der Waals surface area contributed by atoms with Crippen LogP contribution in [0.3, 0.4) is 0 Å². The molecule has 0 bridgehead atoms. The van der Waals surface area contributed by atoms with Gasteiger partial charge in [0.1, 0.15) is 0 Å². The van der Waals surface area contributed by atoms with Crippen molar-refractivity contribution in [1.82, 2.24) is 34.6 Å². The first kappa shape index (κ1) is 72.3. The summed E-state index contributed by atoms with van der Waals surface area (Å²) in [7, 11) is 0. The monoisotopic (exact) mass is 1480 g/mol. The average molecular weight is 1480 g/mol. The predicted octanol–water partition coefficient (Wildman–Crippen LogP) is 21.7. The number of hydrogen-bond acceptors (Lipinski definition) is 10. The average Bonchev–Trinajstić information content (AvgIpc) is 1.59. The van der Waals surface area contributed by atoms with Crippen LogP contribution in [-0.2, 0) is 25.7 Å². The predicted molar refractivity (Wildman–Crippen MR) is 451 cm³/mol. The number of aryl methyl sites for hydroxylation is 3. The standard InChI is InChI=1S/C32H30ClN3O.C32H29ClN2.C31H31ClN4/c33-24-10-11-28-29(12-16-35-30(28)21-24)34-15-5-17-36-18-13-22(14-19-36)32-25-7-2-1-6-23(25)20-31(37)26-8-3-4-9-27(26)32;33-27-13-14-28-25(15-18-34-31(28)22-27)8-5-19-35-20-16-26(17-21-35)32-29-9-3-1-6-23(29)11-12-24-7-2-4-10-30(24)32;32-25-10-11-27-28(12-17-34-29(27)21-25)33-16-4-18-36-19-13-23(14-20-36)30-26-7-2-1-5-22(26)8-9-24-6-3-15-35-31(24)30/h1-4,6-12,16,21H,5,13-15,17-20H2,(H,34,35);1-4,6-7,9-15,18,22H,5,8,16-17,19-21H2;1-3,5-7,10-12,15,17,21H,4,8-9,13-14,16,18-20H2,(H,33,34). The van der Waals surface area contributed by atoms with Crippen molar-refractivity contribution >= 4 is 114 Å². The van der Waals surface area contributed by atoms with Crippen molar-refractivity contribution in [2.45, 2.75) is 83.5 Å². The maximum Gasteiger partial charge on any atom is 0.167 e. The van der Waals surface area contributed by atoms with Gasteiger partial charge in [-0.2, -0.15) is 0 Å². The lowest BCUT2D eigenvalue weighted by atomic mass is 9.86. The molecule has 13 heteroatoms. The number of rotatable bonds is 14. The molecule has 0 amide bonds. The highest BCUT2D eigenvalue weighted by Gasteiger charge is 2.29. The second kappa shape index (κ2) is 34.1. The van der Waals surface area contributed by atoms with E-state index in [9.17, 15) is 4.79 Å². The van der Waals surface area contributed by atoms with Crippen LogP contribution in [0.15, 0.2) is 248 Å². The number of pyridine rings is 4. The molecule has 10 nitrogen and oxygen atoms in total. The second-order valence-corrected chi connectivity index (χ2v) is 30.6. The summed E-state index contributed by atoms with van der Waals surface area (Å²) in [5.41, 5.74) is 30.4. The minimum Gasteiger partial charge on any atom is -0.384 e. The van der Waals surface area contributed by atoms with E-state index in [1.165, 1.54) is 83.4 Å². The van der Waals surface area contributed by atoms with Crippen molar-refractivity contribution in [3.63, 3.8) is 0 Å². The largest absolute Gasteiger partial charge is 0.384 e. The molecule has 18 rings (SSSR count). The molecule has 7 heterocycles. The molecule has 2 N–H and O–H groups in total. The van der Waals surface area contributed by atoms with Crippen LogP contribution >= 0.6 is 34.8 Å². The zero-order valence-electron chi connectivity index (χ0n) is 61.2. The molecule has 3 fully saturated rings. The van der Waals surface area contributed by atoms with Crippen molar-refractivity contribution in [3.8, 4) is 0 Å². The summed E-state index contributed by atoms with van der Waals surface area (Å²) < 4.78 is 0. The van der Waals surface area contributed by atoms with E-state index in [0.29, 0.717) is 11.4 Å². The molecule has 0 saturated carbocycles. The number of anilines is 2. The number of aromatic nitrogens is 4. The molecule has 0 spiro atoms. The molecule has 542 valence electrons. The van der Waals surface area contributed by atoms with Gasteiger partial charge in [-0.25, -0.2) is 0 Å². The lowest BCUT2D eigenvalue weighted by Crippen LogP contribution is -2.32. The van der Waals surface area contributed by atoms with Crippen LogP contribution < -0.4 is 10.6 Å². The highest BCUT2D eigenvalue weighted by atomic mass is 35.5. The highest BCUT2D eigenvalue weighted by molar-refractivity contribution is 6.32. The quantitative estimate of drug-likeness (QED) is 0.102. The van der Waals surface area contributed by atoms with Gasteiger partial charge in [-0.05, 0) is 242 Å². The van der Waals surface area contributed by atoms with E-state index < -0.39 is 0 Å². The molecule has 3 saturated heterocycles. The van der Waals surface area contributed by atoms with Gasteiger partial charge in [-0.3, -0.25) is 24.7 Å². The second-order valence-electron chi connectivity index (χ2n) is 29.3. The third-order valence-electron chi connectivity index (χ3n) is 22.6. The maximum absolute atomic E-state index is 13.0. The van der Waals surface area contributed by atoms with Crippen LogP contribution in [0, 0.1) is 0 Å². The lowest BCUT2D eigenvalue weighted by molar-refractivity contribution is 0.0993. The van der Waals surface area contributed by atoms with E-state index in [2.05, 4.69) is 180 Å². The number of ketones is 1. The molecule has 3 aliphatic heterocycles. The Hall–Kier alpha value is -9.88. The summed E-state index contributed by atoms with van der Waals surface area (Å²) in [6.45, 7) is 11.7. The molecule has 3 aliphatic carbocycles. The van der Waals surface area contributed by atoms with Gasteiger partial charge in [0.25, 0.3) is 0 Å². The van der Waals surface area contributed by atoms with Crippen LogP contribution in [0.1, 0.15) is 135 Å². The van der Waals surface area contributed by atoms with E-state index in [4.69, 9.17) is 39.8 Å². The van der Waals surface area contributed by atoms with Gasteiger partial charge in [-0.15, -0.1) is 0 Å². The van der Waals surface area contributed by atoms with E-state index in [-0.39, 0.29) is 5.78 Å². The fourth-order valence-electron chi connectivity index (χ4n) is 17.1. The van der Waals surface area contributed by atoms with E-state index in [1.807, 2.05) is 104 Å². The number of Topliss-reactive ketones (excluding diaryl/α,β-unsaturated/α-hetero) is 1. The number of carbonyl (C=O) groups excluding carboxylic acids is 1. The van der Waals surface area contributed by atoms with Crippen molar-refractivity contribution in [1.29, 1.82) is 0 Å². The third kappa shape index (κ3) is 16.6. The summed E-state index contributed by atoms with van der Waals surface area (Å²) >= 11 is 18.4. The first-order chi connectivity index (χ1) is 53.2. The number of nitrogens with one attached hydrogen (secondary N) is 2. The van der Waals surface area contributed by atoms with Crippen molar-refractivity contribution < 1.29 is 4.79 Å². The Morgan fingerprint density at radius 3 is 1.32 bits per heavy atom. The van der Waals surface area contributed by atoms with Gasteiger partial charge in [0, 0.05) is 137 Å². The van der Waals surface area contributed by atoms with Crippen molar-refractivity contribution in [3.05, 3.63) is 335 Å². The Bertz CT molecular complexity index is 5320. The Morgan fingerprint density at radius 2 is 0.769 bits per heavy atom. The number of hydrogen-bond donors (Lipinski definition) is 2. The van der Waals surface area contributed by atoms with E-state index in [0.717, 1.165) is 214 Å². The topological polar surface area (TPSA) is 102 Å². The number of piperidine rings is 3. The number of benzene rings is 8. The fraction of sp³-hybridized carbons (Fsp3) is 0.253. The highest BCUT2D eigenvalue weighted by Crippen LogP contribution is 2.43. The molecule has 0 unspecified atom stereocenters. The number of carbonyl (C=O) groups is 1. The third-order valence-corrected chi connectivity index (χ3v) is 23.3. The van der Waals surface area contributed by atoms with Gasteiger partial charge < -0.3 is 25.3 Å².